The molecule has 0 spiro atoms. The maximum Gasteiger partial charge on any atom is 0.316 e. The summed E-state index contributed by atoms with van der Waals surface area (Å²) in [5.41, 5.74) is 0.807. The van der Waals surface area contributed by atoms with Gasteiger partial charge in [-0.3, -0.25) is 4.79 Å². The molecule has 4 rings (SSSR count). The van der Waals surface area contributed by atoms with Gasteiger partial charge in [0, 0.05) is 12.8 Å². The number of aliphatic hydroxyl groups excluding tert-OH is 1. The number of epoxide rings is 1. The Morgan fingerprint density at radius 1 is 1.25 bits per heavy atom. The number of piperidine rings is 1. The Bertz CT molecular complexity index is 588. The van der Waals surface area contributed by atoms with Crippen molar-refractivity contribution in [2.45, 2.75) is 49.2 Å². The number of aliphatic hydroxyl groups is 1. The third-order valence-corrected chi connectivity index (χ3v) is 5.99. The van der Waals surface area contributed by atoms with Gasteiger partial charge in [0.15, 0.2) is 0 Å². The largest absolute Gasteiger partial charge is 1.00 e. The highest BCUT2D eigenvalue weighted by Crippen LogP contribution is 2.51. The lowest BCUT2D eigenvalue weighted by molar-refractivity contribution is -0.938. The summed E-state index contributed by atoms with van der Waals surface area (Å²) in [5, 5.41) is 9.60. The molecule has 6 heteroatoms. The zero-order chi connectivity index (χ0) is 16.2. The molecule has 0 saturated carbocycles. The lowest BCUT2D eigenvalue weighted by atomic mass is 9.95. The molecule has 0 radical (unpaired) electrons. The highest BCUT2D eigenvalue weighted by molar-refractivity contribution is 5.78. The smallest absolute Gasteiger partial charge is 0.316 e. The number of fused-ring (bicyclic) bond motifs is 5. The molecule has 1 unspecified atom stereocenters. The number of carbonyl (C=O) groups is 1. The molecular weight excluding hydrogens is 374 g/mol. The van der Waals surface area contributed by atoms with Crippen LogP contribution in [0.15, 0.2) is 30.3 Å². The van der Waals surface area contributed by atoms with Crippen molar-refractivity contribution in [3.63, 3.8) is 0 Å². The minimum absolute atomic E-state index is 0. The number of quaternary nitrogens is 1. The quantitative estimate of drug-likeness (QED) is 0.365. The normalized spacial score (nSPS) is 36.2. The first-order valence-electron chi connectivity index (χ1n) is 8.37. The number of morpholine rings is 1. The average Bonchev–Trinajstić information content (AvgIpc) is 3.27. The van der Waals surface area contributed by atoms with Crippen molar-refractivity contribution in [2.75, 3.05) is 20.7 Å². The van der Waals surface area contributed by atoms with Crippen LogP contribution in [0.3, 0.4) is 0 Å². The standard InChI is InChI=1S/C18H24NO4.BrH/c1-19(2)14-8-12(9-15(19)17-16(14)23-17)22-18(21)13(10-20)11-6-4-3-5-7-11;/h3-7,12-17,20H,8-10H2,1-2H3;1H/q+1;/p-1/t12?,13-,14-,15+,16+,17-;/m1./s1. The fourth-order valence-corrected chi connectivity index (χ4v) is 4.55. The summed E-state index contributed by atoms with van der Waals surface area (Å²) in [4.78, 5) is 12.5. The molecule has 132 valence electrons. The number of ether oxygens (including phenoxy) is 2. The lowest BCUT2D eigenvalue weighted by Crippen LogP contribution is -3.00. The predicted molar refractivity (Wildman–Crippen MR) is 83.7 cm³/mol. The van der Waals surface area contributed by atoms with E-state index in [1.54, 1.807) is 0 Å². The Labute approximate surface area is 152 Å². The monoisotopic (exact) mass is 397 g/mol. The van der Waals surface area contributed by atoms with Crippen molar-refractivity contribution < 1.29 is 40.8 Å². The molecule has 0 aromatic heterocycles. The zero-order valence-electron chi connectivity index (χ0n) is 14.0. The van der Waals surface area contributed by atoms with Crippen molar-refractivity contribution >= 4 is 5.97 Å². The Morgan fingerprint density at radius 2 is 1.83 bits per heavy atom. The Kier molecular flexibility index (Phi) is 4.77. The molecule has 3 fully saturated rings. The summed E-state index contributed by atoms with van der Waals surface area (Å²) in [7, 11) is 4.51. The van der Waals surface area contributed by atoms with Gasteiger partial charge in [-0.1, -0.05) is 30.3 Å². The van der Waals surface area contributed by atoms with E-state index in [9.17, 15) is 9.90 Å². The first kappa shape index (κ1) is 17.9. The summed E-state index contributed by atoms with van der Waals surface area (Å²) in [6, 6.07) is 10.2. The van der Waals surface area contributed by atoms with E-state index in [0.717, 1.165) is 22.9 Å². The third-order valence-electron chi connectivity index (χ3n) is 5.99. The molecule has 0 amide bonds. The number of hydrogen-bond donors (Lipinski definition) is 1. The van der Waals surface area contributed by atoms with E-state index in [1.165, 1.54) is 0 Å². The zero-order valence-corrected chi connectivity index (χ0v) is 15.6. The fraction of sp³-hybridized carbons (Fsp3) is 0.611. The van der Waals surface area contributed by atoms with Gasteiger partial charge >= 0.3 is 5.97 Å². The van der Waals surface area contributed by atoms with Gasteiger partial charge in [-0.25, -0.2) is 0 Å². The van der Waals surface area contributed by atoms with Crippen LogP contribution in [0.4, 0.5) is 0 Å². The summed E-state index contributed by atoms with van der Waals surface area (Å²) >= 11 is 0. The van der Waals surface area contributed by atoms with Crippen molar-refractivity contribution in [1.29, 1.82) is 0 Å². The number of halogens is 1. The second-order valence-corrected chi connectivity index (χ2v) is 7.51. The molecule has 6 atom stereocenters. The molecule has 2 bridgehead atoms. The molecule has 1 aromatic rings. The Balaban J connectivity index is 0.00000169. The molecule has 24 heavy (non-hydrogen) atoms. The first-order chi connectivity index (χ1) is 11.0. The summed E-state index contributed by atoms with van der Waals surface area (Å²) in [6.07, 6.45) is 2.34. The number of nitrogens with zero attached hydrogens (tertiary/aromatic N) is 1. The summed E-state index contributed by atoms with van der Waals surface area (Å²) < 4.78 is 12.5. The van der Waals surface area contributed by atoms with Gasteiger partial charge in [0.25, 0.3) is 0 Å². The molecule has 3 aliphatic heterocycles. The Hall–Kier alpha value is -0.950. The van der Waals surface area contributed by atoms with E-state index in [2.05, 4.69) is 14.1 Å². The van der Waals surface area contributed by atoms with Gasteiger partial charge in [0.1, 0.15) is 36.3 Å². The first-order valence-corrected chi connectivity index (χ1v) is 8.37. The van der Waals surface area contributed by atoms with Gasteiger partial charge in [-0.15, -0.1) is 0 Å². The molecular formula is C18H24BrNO4. The van der Waals surface area contributed by atoms with Crippen LogP contribution in [0.1, 0.15) is 24.3 Å². The van der Waals surface area contributed by atoms with Crippen LogP contribution in [0.5, 0.6) is 0 Å². The van der Waals surface area contributed by atoms with Crippen LogP contribution >= 0.6 is 0 Å². The van der Waals surface area contributed by atoms with Crippen LogP contribution in [0.25, 0.3) is 0 Å². The second kappa shape index (κ2) is 6.41. The fourth-order valence-electron chi connectivity index (χ4n) is 4.55. The van der Waals surface area contributed by atoms with Gasteiger partial charge in [-0.05, 0) is 5.56 Å². The topological polar surface area (TPSA) is 59.1 Å². The van der Waals surface area contributed by atoms with Crippen molar-refractivity contribution in [2.24, 2.45) is 0 Å². The molecule has 3 heterocycles. The van der Waals surface area contributed by atoms with E-state index in [-0.39, 0.29) is 35.7 Å². The maximum atomic E-state index is 12.5. The molecule has 3 aliphatic rings. The molecule has 0 aliphatic carbocycles. The van der Waals surface area contributed by atoms with E-state index in [0.29, 0.717) is 24.3 Å². The minimum Gasteiger partial charge on any atom is -1.00 e. The molecule has 5 nitrogen and oxygen atoms in total. The summed E-state index contributed by atoms with van der Waals surface area (Å²) in [6.45, 7) is -0.224. The number of carbonyl (C=O) groups excluding carboxylic acids is 1. The van der Waals surface area contributed by atoms with Crippen LogP contribution in [0.2, 0.25) is 0 Å². The van der Waals surface area contributed by atoms with Crippen LogP contribution in [-0.4, -0.2) is 66.7 Å². The van der Waals surface area contributed by atoms with Gasteiger partial charge in [0.05, 0.1) is 20.7 Å². The van der Waals surface area contributed by atoms with E-state index < -0.39 is 5.92 Å². The maximum absolute atomic E-state index is 12.5. The molecule has 1 aromatic carbocycles. The highest BCUT2D eigenvalue weighted by atomic mass is 79.9. The SMILES string of the molecule is C[N+]1(C)[C@@H]2CC(OC(=O)[C@H](CO)c3ccccc3)C[C@H]1[C@H]1O[C@H]12.[Br-]. The second-order valence-electron chi connectivity index (χ2n) is 7.51. The minimum atomic E-state index is -0.593. The van der Waals surface area contributed by atoms with Gasteiger partial charge in [-0.2, -0.15) is 0 Å². The number of esters is 1. The van der Waals surface area contributed by atoms with E-state index >= 15 is 0 Å². The van der Waals surface area contributed by atoms with Crippen LogP contribution < -0.4 is 17.0 Å². The summed E-state index contributed by atoms with van der Waals surface area (Å²) in [5.74, 6) is -0.908. The van der Waals surface area contributed by atoms with E-state index in [4.69, 9.17) is 9.47 Å². The number of benzene rings is 1. The van der Waals surface area contributed by atoms with Crippen LogP contribution in [-0.2, 0) is 14.3 Å². The van der Waals surface area contributed by atoms with Crippen molar-refractivity contribution in [3.8, 4) is 0 Å². The molecule has 3 saturated heterocycles. The Morgan fingerprint density at radius 3 is 2.38 bits per heavy atom. The number of rotatable bonds is 4. The lowest BCUT2D eigenvalue weighted by Gasteiger charge is -2.45. The predicted octanol–water partition coefficient (Wildman–Crippen LogP) is -1.93. The van der Waals surface area contributed by atoms with Gasteiger partial charge < -0.3 is 36.0 Å². The average molecular weight is 398 g/mol. The molecule has 1 N–H and O–H groups in total. The van der Waals surface area contributed by atoms with Crippen molar-refractivity contribution in [3.05, 3.63) is 35.9 Å². The number of hydrogen-bond acceptors (Lipinski definition) is 4. The highest BCUT2D eigenvalue weighted by Gasteiger charge is 2.70. The van der Waals surface area contributed by atoms with Crippen LogP contribution in [0, 0.1) is 0 Å². The van der Waals surface area contributed by atoms with Gasteiger partial charge in [0.2, 0.25) is 0 Å². The third kappa shape index (κ3) is 2.79. The number of likely N-dealkylation sites (N-methyl/N-ethyl adjacent to an activating group) is 1. The van der Waals surface area contributed by atoms with Crippen molar-refractivity contribution in [1.82, 2.24) is 0 Å². The van der Waals surface area contributed by atoms with E-state index in [1.807, 2.05) is 30.3 Å².